The van der Waals surface area contributed by atoms with E-state index >= 15 is 0 Å². The fourth-order valence-corrected chi connectivity index (χ4v) is 1.08. The number of methoxy groups -OCH3 is 1. The van der Waals surface area contributed by atoms with E-state index < -0.39 is 5.97 Å². The fraction of sp³-hybridized carbons (Fsp3) is 0.714. The molecule has 1 N–H and O–H groups in total. The van der Waals surface area contributed by atoms with Crippen LogP contribution in [0.2, 0.25) is 0 Å². The number of ether oxygens (including phenoxy) is 1. The minimum absolute atomic E-state index is 0.303. The molecule has 0 aromatic heterocycles. The highest BCUT2D eigenvalue weighted by Crippen LogP contribution is 2.15. The molecule has 0 radical (unpaired) electrons. The molecule has 1 rings (SSSR count). The quantitative estimate of drug-likeness (QED) is 0.603. The lowest BCUT2D eigenvalue weighted by atomic mass is 9.99. The van der Waals surface area contributed by atoms with E-state index in [0.29, 0.717) is 25.3 Å². The van der Waals surface area contributed by atoms with Crippen molar-refractivity contribution in [1.82, 2.24) is 0 Å². The topological polar surface area (TPSA) is 58.9 Å². The van der Waals surface area contributed by atoms with E-state index in [9.17, 15) is 4.79 Å². The molecule has 0 fully saturated rings. The summed E-state index contributed by atoms with van der Waals surface area (Å²) in [5, 5.41) is 8.64. The Bertz CT molecular complexity index is 188. The van der Waals surface area contributed by atoms with Gasteiger partial charge >= 0.3 is 5.97 Å². The molecular weight excluding hydrogens is 146 g/mol. The van der Waals surface area contributed by atoms with Crippen LogP contribution in [0.5, 0.6) is 0 Å². The lowest BCUT2D eigenvalue weighted by Crippen LogP contribution is -2.23. The molecule has 0 unspecified atom stereocenters. The van der Waals surface area contributed by atoms with Crippen LogP contribution in [-0.4, -0.2) is 30.6 Å². The van der Waals surface area contributed by atoms with Gasteiger partial charge in [0.25, 0.3) is 0 Å². The van der Waals surface area contributed by atoms with Gasteiger partial charge in [-0.3, -0.25) is 9.79 Å². The summed E-state index contributed by atoms with van der Waals surface area (Å²) >= 11 is 0. The lowest BCUT2D eigenvalue weighted by Gasteiger charge is -2.16. The van der Waals surface area contributed by atoms with E-state index in [2.05, 4.69) is 4.99 Å². The van der Waals surface area contributed by atoms with Crippen LogP contribution < -0.4 is 0 Å². The lowest BCUT2D eigenvalue weighted by molar-refractivity contribution is -0.141. The van der Waals surface area contributed by atoms with E-state index in [0.717, 1.165) is 0 Å². The Morgan fingerprint density at radius 3 is 3.09 bits per heavy atom. The van der Waals surface area contributed by atoms with E-state index in [1.165, 1.54) is 7.11 Å². The van der Waals surface area contributed by atoms with Crippen molar-refractivity contribution in [2.75, 3.05) is 13.7 Å². The molecular formula is C7H11NO3. The molecule has 0 amide bonds. The van der Waals surface area contributed by atoms with Crippen molar-refractivity contribution < 1.29 is 14.6 Å². The predicted octanol–water partition coefficient (Wildman–Crippen LogP) is 0.526. The molecule has 0 bridgehead atoms. The van der Waals surface area contributed by atoms with Crippen molar-refractivity contribution in [3.8, 4) is 0 Å². The standard InChI is InChI=1S/C7H11NO3/c1-11-6-4-5(7(9)10)2-3-8-6/h5H,2-4H2,1H3,(H,9,10)/t5-/m1/s1. The molecule has 11 heavy (non-hydrogen) atoms. The Labute approximate surface area is 64.9 Å². The second kappa shape index (κ2) is 3.37. The SMILES string of the molecule is COC1=NCC[C@@H](C(=O)O)C1. The Balaban J connectivity index is 2.53. The maximum atomic E-state index is 10.5. The zero-order valence-corrected chi connectivity index (χ0v) is 6.41. The zero-order chi connectivity index (χ0) is 8.27. The number of carboxylic acids is 1. The van der Waals surface area contributed by atoms with E-state index in [4.69, 9.17) is 9.84 Å². The first-order valence-electron chi connectivity index (χ1n) is 3.54. The molecule has 1 heterocycles. The van der Waals surface area contributed by atoms with Crippen molar-refractivity contribution in [3.05, 3.63) is 0 Å². The van der Waals surface area contributed by atoms with Gasteiger partial charge in [-0.15, -0.1) is 0 Å². The van der Waals surface area contributed by atoms with Gasteiger partial charge in [0.2, 0.25) is 0 Å². The highest BCUT2D eigenvalue weighted by atomic mass is 16.5. The largest absolute Gasteiger partial charge is 0.484 e. The van der Waals surface area contributed by atoms with Crippen LogP contribution in [0.3, 0.4) is 0 Å². The first-order chi connectivity index (χ1) is 5.24. The Morgan fingerprint density at radius 2 is 2.55 bits per heavy atom. The summed E-state index contributed by atoms with van der Waals surface area (Å²) in [5.74, 6) is -0.499. The van der Waals surface area contributed by atoms with E-state index in [1.807, 2.05) is 0 Å². The number of carbonyl (C=O) groups is 1. The number of rotatable bonds is 1. The molecule has 0 aliphatic carbocycles. The third kappa shape index (κ3) is 1.93. The van der Waals surface area contributed by atoms with Gasteiger partial charge in [0, 0.05) is 13.0 Å². The van der Waals surface area contributed by atoms with Gasteiger partial charge in [-0.1, -0.05) is 0 Å². The third-order valence-electron chi connectivity index (χ3n) is 1.77. The van der Waals surface area contributed by atoms with Gasteiger partial charge in [-0.2, -0.15) is 0 Å². The van der Waals surface area contributed by atoms with Gasteiger partial charge in [0.1, 0.15) is 0 Å². The van der Waals surface area contributed by atoms with Crippen LogP contribution in [0.1, 0.15) is 12.8 Å². The third-order valence-corrected chi connectivity index (χ3v) is 1.77. The van der Waals surface area contributed by atoms with Crippen LogP contribution >= 0.6 is 0 Å². The summed E-state index contributed by atoms with van der Waals surface area (Å²) in [4.78, 5) is 14.5. The van der Waals surface area contributed by atoms with Crippen molar-refractivity contribution >= 4 is 11.9 Å². The molecule has 0 aromatic rings. The van der Waals surface area contributed by atoms with E-state index in [1.54, 1.807) is 0 Å². The van der Waals surface area contributed by atoms with Crippen molar-refractivity contribution in [2.45, 2.75) is 12.8 Å². The summed E-state index contributed by atoms with van der Waals surface area (Å²) in [6.07, 6.45) is 1.06. The van der Waals surface area contributed by atoms with E-state index in [-0.39, 0.29) is 5.92 Å². The number of nitrogens with zero attached hydrogens (tertiary/aromatic N) is 1. The Morgan fingerprint density at radius 1 is 1.82 bits per heavy atom. The second-order valence-corrected chi connectivity index (χ2v) is 2.51. The normalized spacial score (nSPS) is 24.1. The number of hydrogen-bond acceptors (Lipinski definition) is 3. The van der Waals surface area contributed by atoms with Crippen LogP contribution in [0.25, 0.3) is 0 Å². The molecule has 62 valence electrons. The average Bonchev–Trinajstić information content (AvgIpc) is 2.05. The van der Waals surface area contributed by atoms with Crippen LogP contribution in [0.15, 0.2) is 4.99 Å². The summed E-state index contributed by atoms with van der Waals surface area (Å²) in [6.45, 7) is 0.570. The number of aliphatic carboxylic acids is 1. The monoisotopic (exact) mass is 157 g/mol. The summed E-state index contributed by atoms with van der Waals surface area (Å²) < 4.78 is 4.86. The van der Waals surface area contributed by atoms with Gasteiger partial charge in [-0.05, 0) is 6.42 Å². The van der Waals surface area contributed by atoms with Crippen LogP contribution in [-0.2, 0) is 9.53 Å². The van der Waals surface area contributed by atoms with Crippen molar-refractivity contribution in [1.29, 1.82) is 0 Å². The molecule has 1 aliphatic rings. The molecule has 1 aliphatic heterocycles. The minimum atomic E-state index is -0.755. The van der Waals surface area contributed by atoms with Crippen LogP contribution in [0, 0.1) is 5.92 Å². The van der Waals surface area contributed by atoms with Gasteiger partial charge in [0.15, 0.2) is 5.90 Å². The Hall–Kier alpha value is -1.06. The maximum Gasteiger partial charge on any atom is 0.307 e. The maximum absolute atomic E-state index is 10.5. The number of hydrogen-bond donors (Lipinski definition) is 1. The molecule has 0 aromatic carbocycles. The van der Waals surface area contributed by atoms with Crippen LogP contribution in [0.4, 0.5) is 0 Å². The van der Waals surface area contributed by atoms with Crippen molar-refractivity contribution in [3.63, 3.8) is 0 Å². The smallest absolute Gasteiger partial charge is 0.307 e. The number of aliphatic imine (C=N–C) groups is 1. The predicted molar refractivity (Wildman–Crippen MR) is 39.7 cm³/mol. The first-order valence-corrected chi connectivity index (χ1v) is 3.54. The molecule has 4 heteroatoms. The molecule has 0 spiro atoms. The van der Waals surface area contributed by atoms with Crippen molar-refractivity contribution in [2.24, 2.45) is 10.9 Å². The highest BCUT2D eigenvalue weighted by Gasteiger charge is 2.23. The van der Waals surface area contributed by atoms with Gasteiger partial charge in [-0.25, -0.2) is 0 Å². The fourth-order valence-electron chi connectivity index (χ4n) is 1.08. The number of carboxylic acid groups (broad SMARTS) is 1. The summed E-state index contributed by atoms with van der Waals surface area (Å²) in [6, 6.07) is 0. The zero-order valence-electron chi connectivity index (χ0n) is 6.41. The second-order valence-electron chi connectivity index (χ2n) is 2.51. The van der Waals surface area contributed by atoms with Gasteiger partial charge < -0.3 is 9.84 Å². The summed E-state index contributed by atoms with van der Waals surface area (Å²) in [5.41, 5.74) is 0. The highest BCUT2D eigenvalue weighted by molar-refractivity contribution is 5.83. The molecule has 0 saturated heterocycles. The molecule has 1 atom stereocenters. The minimum Gasteiger partial charge on any atom is -0.484 e. The average molecular weight is 157 g/mol. The van der Waals surface area contributed by atoms with Gasteiger partial charge in [0.05, 0.1) is 13.0 Å². The molecule has 0 saturated carbocycles. The molecule has 4 nitrogen and oxygen atoms in total. The summed E-state index contributed by atoms with van der Waals surface area (Å²) in [7, 11) is 1.52. The Kier molecular flexibility index (Phi) is 2.46. The first kappa shape index (κ1) is 8.04.